The van der Waals surface area contributed by atoms with Crippen LogP contribution in [0.2, 0.25) is 0 Å². The number of nitrogens with zero attached hydrogens (tertiary/aromatic N) is 1. The van der Waals surface area contributed by atoms with Crippen LogP contribution in [0, 0.1) is 11.7 Å². The van der Waals surface area contributed by atoms with Crippen LogP contribution in [-0.4, -0.2) is 4.98 Å². The first-order valence-corrected chi connectivity index (χ1v) is 6.97. The maximum absolute atomic E-state index is 14.1. The van der Waals surface area contributed by atoms with Crippen LogP contribution in [0.3, 0.4) is 0 Å². The highest BCUT2D eigenvalue weighted by atomic mass is 19.1. The van der Waals surface area contributed by atoms with E-state index in [4.69, 9.17) is 0 Å². The summed E-state index contributed by atoms with van der Waals surface area (Å²) in [5, 5.41) is 3.38. The first-order valence-electron chi connectivity index (χ1n) is 6.97. The van der Waals surface area contributed by atoms with E-state index in [1.165, 1.54) is 6.07 Å². The lowest BCUT2D eigenvalue weighted by Crippen LogP contribution is -2.30. The molecule has 20 heavy (non-hydrogen) atoms. The number of allylic oxidation sites excluding steroid dienone is 2. The summed E-state index contributed by atoms with van der Waals surface area (Å²) in [5.74, 6) is 0.523. The van der Waals surface area contributed by atoms with Crippen LogP contribution in [0.4, 0.5) is 10.1 Å². The molecule has 3 heteroatoms. The van der Waals surface area contributed by atoms with Crippen molar-refractivity contribution < 1.29 is 4.39 Å². The number of halogens is 1. The highest BCUT2D eigenvalue weighted by molar-refractivity contribution is 5.60. The molecule has 0 fully saturated rings. The molecular formula is C17H15FN2. The number of anilines is 1. The second-order valence-corrected chi connectivity index (χ2v) is 5.43. The summed E-state index contributed by atoms with van der Waals surface area (Å²) in [6.45, 7) is 0. The highest BCUT2D eigenvalue weighted by Crippen LogP contribution is 2.49. The molecule has 2 aliphatic rings. The van der Waals surface area contributed by atoms with Gasteiger partial charge in [-0.2, -0.15) is 0 Å². The Hall–Kier alpha value is -2.16. The summed E-state index contributed by atoms with van der Waals surface area (Å²) in [5.41, 5.74) is 2.69. The zero-order chi connectivity index (χ0) is 13.5. The van der Waals surface area contributed by atoms with Crippen molar-refractivity contribution in [2.75, 3.05) is 5.32 Å². The van der Waals surface area contributed by atoms with Crippen molar-refractivity contribution in [3.05, 3.63) is 71.8 Å². The van der Waals surface area contributed by atoms with Crippen molar-refractivity contribution >= 4 is 5.69 Å². The molecule has 0 spiro atoms. The van der Waals surface area contributed by atoms with Gasteiger partial charge in [0.25, 0.3) is 0 Å². The summed E-state index contributed by atoms with van der Waals surface area (Å²) in [6.07, 6.45) is 7.22. The van der Waals surface area contributed by atoms with E-state index >= 15 is 0 Å². The van der Waals surface area contributed by atoms with Gasteiger partial charge in [-0.3, -0.25) is 4.98 Å². The molecule has 4 rings (SSSR count). The fourth-order valence-electron chi connectivity index (χ4n) is 3.44. The Bertz CT molecular complexity index is 666. The third kappa shape index (κ3) is 1.66. The van der Waals surface area contributed by atoms with Crippen LogP contribution in [0.25, 0.3) is 0 Å². The molecule has 1 N–H and O–H groups in total. The molecule has 0 saturated carbocycles. The average Bonchev–Trinajstić information content (AvgIpc) is 2.97. The van der Waals surface area contributed by atoms with E-state index in [-0.39, 0.29) is 17.8 Å². The predicted molar refractivity (Wildman–Crippen MR) is 77.0 cm³/mol. The highest BCUT2D eigenvalue weighted by Gasteiger charge is 2.39. The van der Waals surface area contributed by atoms with Crippen molar-refractivity contribution in [2.24, 2.45) is 5.92 Å². The van der Waals surface area contributed by atoms with Crippen molar-refractivity contribution in [1.29, 1.82) is 0 Å². The summed E-state index contributed by atoms with van der Waals surface area (Å²) >= 11 is 0. The minimum absolute atomic E-state index is 0.0700. The van der Waals surface area contributed by atoms with E-state index in [1.54, 1.807) is 12.3 Å². The van der Waals surface area contributed by atoms with Gasteiger partial charge in [-0.25, -0.2) is 4.39 Å². The van der Waals surface area contributed by atoms with Crippen LogP contribution < -0.4 is 5.32 Å². The topological polar surface area (TPSA) is 24.9 Å². The van der Waals surface area contributed by atoms with Crippen molar-refractivity contribution in [3.63, 3.8) is 0 Å². The van der Waals surface area contributed by atoms with Crippen LogP contribution in [0.15, 0.2) is 54.7 Å². The summed E-state index contributed by atoms with van der Waals surface area (Å²) in [7, 11) is 0. The number of pyridine rings is 1. The zero-order valence-corrected chi connectivity index (χ0v) is 11.0. The second kappa shape index (κ2) is 4.44. The maximum Gasteiger partial charge on any atom is 0.146 e. The van der Waals surface area contributed by atoms with Gasteiger partial charge in [-0.15, -0.1) is 0 Å². The third-order valence-electron chi connectivity index (χ3n) is 4.35. The number of hydrogen-bond donors (Lipinski definition) is 1. The fourth-order valence-corrected chi connectivity index (χ4v) is 3.44. The predicted octanol–water partition coefficient (Wildman–Crippen LogP) is 4.05. The molecule has 100 valence electrons. The minimum atomic E-state index is -0.179. The van der Waals surface area contributed by atoms with Crippen LogP contribution in [0.1, 0.15) is 29.6 Å². The van der Waals surface area contributed by atoms with Crippen LogP contribution in [0.5, 0.6) is 0 Å². The largest absolute Gasteiger partial charge is 0.374 e. The quantitative estimate of drug-likeness (QED) is 0.788. The molecule has 2 aromatic rings. The van der Waals surface area contributed by atoms with Gasteiger partial charge in [-0.05, 0) is 36.1 Å². The number of benzene rings is 1. The van der Waals surface area contributed by atoms with Crippen LogP contribution >= 0.6 is 0 Å². The van der Waals surface area contributed by atoms with Gasteiger partial charge in [-0.1, -0.05) is 30.4 Å². The van der Waals surface area contributed by atoms with Gasteiger partial charge in [0.15, 0.2) is 0 Å². The molecule has 1 aromatic heterocycles. The Balaban J connectivity index is 1.83. The summed E-state index contributed by atoms with van der Waals surface area (Å²) < 4.78 is 14.1. The molecule has 2 nitrogen and oxygen atoms in total. The molecule has 0 amide bonds. The Morgan fingerprint density at radius 3 is 2.95 bits per heavy atom. The number of rotatable bonds is 1. The Morgan fingerprint density at radius 2 is 2.10 bits per heavy atom. The smallest absolute Gasteiger partial charge is 0.146 e. The number of aromatic nitrogens is 1. The standard InChI is InChI=1S/C17H15FN2/c18-14-8-4-7-12-11-5-3-6-13(11)17(20-16(12)14)15-9-1-2-10-19-15/h1-5,7-11,13,17,20H,6H2/t11-,13+,17-/m0/s1. The lowest BCUT2D eigenvalue weighted by molar-refractivity contribution is 0.414. The van der Waals surface area contributed by atoms with E-state index < -0.39 is 0 Å². The Labute approximate surface area is 117 Å². The van der Waals surface area contributed by atoms with E-state index in [0.29, 0.717) is 11.6 Å². The van der Waals surface area contributed by atoms with Crippen LogP contribution in [-0.2, 0) is 0 Å². The van der Waals surface area contributed by atoms with E-state index in [9.17, 15) is 4.39 Å². The van der Waals surface area contributed by atoms with E-state index in [1.807, 2.05) is 24.3 Å². The third-order valence-corrected chi connectivity index (χ3v) is 4.35. The molecular weight excluding hydrogens is 251 g/mol. The molecule has 0 unspecified atom stereocenters. The lowest BCUT2D eigenvalue weighted by atomic mass is 9.78. The fraction of sp³-hybridized carbons (Fsp3) is 0.235. The number of fused-ring (bicyclic) bond motifs is 3. The van der Waals surface area contributed by atoms with Gasteiger partial charge in [0.05, 0.1) is 17.4 Å². The van der Waals surface area contributed by atoms with E-state index in [2.05, 4.69) is 22.5 Å². The summed E-state index contributed by atoms with van der Waals surface area (Å²) in [4.78, 5) is 4.45. The van der Waals surface area contributed by atoms with Gasteiger partial charge < -0.3 is 5.32 Å². The van der Waals surface area contributed by atoms with Crippen molar-refractivity contribution in [2.45, 2.75) is 18.4 Å². The molecule has 0 radical (unpaired) electrons. The monoisotopic (exact) mass is 266 g/mol. The first-order chi connectivity index (χ1) is 9.84. The Kier molecular flexibility index (Phi) is 2.59. The van der Waals surface area contributed by atoms with Gasteiger partial charge in [0.1, 0.15) is 5.82 Å². The second-order valence-electron chi connectivity index (χ2n) is 5.43. The zero-order valence-electron chi connectivity index (χ0n) is 11.0. The molecule has 1 aliphatic carbocycles. The minimum Gasteiger partial charge on any atom is -0.374 e. The SMILES string of the molecule is Fc1cccc2c1N[C@H](c1ccccn1)[C@@H]1CC=C[C@@H]21. The Morgan fingerprint density at radius 1 is 1.15 bits per heavy atom. The van der Waals surface area contributed by atoms with Gasteiger partial charge >= 0.3 is 0 Å². The van der Waals surface area contributed by atoms with Gasteiger partial charge in [0, 0.05) is 12.1 Å². The van der Waals surface area contributed by atoms with Gasteiger partial charge in [0.2, 0.25) is 0 Å². The molecule has 0 saturated heterocycles. The lowest BCUT2D eigenvalue weighted by Gasteiger charge is -2.36. The normalized spacial score (nSPS) is 26.8. The summed E-state index contributed by atoms with van der Waals surface area (Å²) in [6, 6.07) is 11.3. The number of nitrogens with one attached hydrogen (secondary N) is 1. The number of para-hydroxylation sites is 1. The van der Waals surface area contributed by atoms with E-state index in [0.717, 1.165) is 17.7 Å². The molecule has 1 aliphatic heterocycles. The van der Waals surface area contributed by atoms with Crippen molar-refractivity contribution in [1.82, 2.24) is 4.98 Å². The molecule has 3 atom stereocenters. The molecule has 2 heterocycles. The number of hydrogen-bond acceptors (Lipinski definition) is 2. The molecule has 1 aromatic carbocycles. The first kappa shape index (κ1) is 11.6. The maximum atomic E-state index is 14.1. The molecule has 0 bridgehead atoms. The van der Waals surface area contributed by atoms with Crippen molar-refractivity contribution in [3.8, 4) is 0 Å². The average molecular weight is 266 g/mol.